The van der Waals surface area contributed by atoms with Crippen LogP contribution in [0.3, 0.4) is 0 Å². The Bertz CT molecular complexity index is 834. The highest BCUT2D eigenvalue weighted by Crippen LogP contribution is 2.24. The van der Waals surface area contributed by atoms with E-state index in [9.17, 15) is 18.0 Å². The summed E-state index contributed by atoms with van der Waals surface area (Å²) in [5.74, 6) is -0.652. The van der Waals surface area contributed by atoms with E-state index in [1.807, 2.05) is 6.92 Å². The summed E-state index contributed by atoms with van der Waals surface area (Å²) in [6.45, 7) is 3.53. The van der Waals surface area contributed by atoms with Crippen LogP contribution in [0.2, 0.25) is 0 Å². The molecule has 11 heteroatoms. The van der Waals surface area contributed by atoms with Gasteiger partial charge in [-0.05, 0) is 50.3 Å². The summed E-state index contributed by atoms with van der Waals surface area (Å²) in [5.41, 5.74) is 2.61. The van der Waals surface area contributed by atoms with Gasteiger partial charge in [-0.3, -0.25) is 9.48 Å². The minimum Gasteiger partial charge on any atom is -0.406 e. The van der Waals surface area contributed by atoms with Gasteiger partial charge in [-0.25, -0.2) is 0 Å². The SMILES string of the molecule is Cc1nn(C)c(C)c1NC(=O)CNC(=S)Nc1ccc(OC(F)(F)F)cc1. The number of carbonyl (C=O) groups excluding carboxylic acids is 1. The lowest BCUT2D eigenvalue weighted by Crippen LogP contribution is -2.35. The highest BCUT2D eigenvalue weighted by atomic mass is 32.1. The number of aryl methyl sites for hydroxylation is 2. The van der Waals surface area contributed by atoms with Crippen LogP contribution in [0.25, 0.3) is 0 Å². The fourth-order valence-electron chi connectivity index (χ4n) is 2.21. The third-order valence-corrected chi connectivity index (χ3v) is 3.78. The first-order chi connectivity index (χ1) is 12.5. The molecule has 2 aromatic rings. The second kappa shape index (κ2) is 8.25. The number of alkyl halides is 3. The second-order valence-electron chi connectivity index (χ2n) is 5.60. The molecular weight excluding hydrogens is 383 g/mol. The molecule has 0 aliphatic heterocycles. The van der Waals surface area contributed by atoms with Crippen LogP contribution in [0.15, 0.2) is 24.3 Å². The predicted octanol–water partition coefficient (Wildman–Crippen LogP) is 2.86. The van der Waals surface area contributed by atoms with E-state index in [1.165, 1.54) is 12.1 Å². The molecule has 0 bridgehead atoms. The summed E-state index contributed by atoms with van der Waals surface area (Å²) in [6.07, 6.45) is -4.75. The summed E-state index contributed by atoms with van der Waals surface area (Å²) >= 11 is 5.07. The predicted molar refractivity (Wildman–Crippen MR) is 98.7 cm³/mol. The minimum absolute atomic E-state index is 0.0884. The number of hydrogen-bond acceptors (Lipinski definition) is 4. The molecular formula is C16H18F3N5O2S. The van der Waals surface area contributed by atoms with Crippen LogP contribution in [-0.4, -0.2) is 33.7 Å². The third kappa shape index (κ3) is 6.13. The van der Waals surface area contributed by atoms with Gasteiger partial charge in [0.05, 0.1) is 23.6 Å². The number of amides is 1. The molecule has 1 heterocycles. The number of nitrogens with one attached hydrogen (secondary N) is 3. The molecule has 1 amide bonds. The molecule has 0 fully saturated rings. The van der Waals surface area contributed by atoms with Crippen LogP contribution >= 0.6 is 12.2 Å². The van der Waals surface area contributed by atoms with Crippen LogP contribution in [0.4, 0.5) is 24.5 Å². The number of rotatable bonds is 5. The molecule has 27 heavy (non-hydrogen) atoms. The zero-order chi connectivity index (χ0) is 20.2. The number of anilines is 2. The molecule has 0 aliphatic rings. The highest BCUT2D eigenvalue weighted by molar-refractivity contribution is 7.80. The molecule has 146 valence electrons. The molecule has 0 unspecified atom stereocenters. The largest absolute Gasteiger partial charge is 0.573 e. The average molecular weight is 401 g/mol. The van der Waals surface area contributed by atoms with Gasteiger partial charge < -0.3 is 20.7 Å². The quantitative estimate of drug-likeness (QED) is 0.669. The van der Waals surface area contributed by atoms with Crippen molar-refractivity contribution in [3.63, 3.8) is 0 Å². The summed E-state index contributed by atoms with van der Waals surface area (Å²) < 4.78 is 41.8. The van der Waals surface area contributed by atoms with Gasteiger partial charge >= 0.3 is 6.36 Å². The Morgan fingerprint density at radius 1 is 1.22 bits per heavy atom. The smallest absolute Gasteiger partial charge is 0.406 e. The summed E-state index contributed by atoms with van der Waals surface area (Å²) in [5, 5.41) is 12.6. The van der Waals surface area contributed by atoms with E-state index in [4.69, 9.17) is 12.2 Å². The van der Waals surface area contributed by atoms with E-state index >= 15 is 0 Å². The van der Waals surface area contributed by atoms with Crippen molar-refractivity contribution >= 4 is 34.6 Å². The van der Waals surface area contributed by atoms with Crippen molar-refractivity contribution in [2.45, 2.75) is 20.2 Å². The van der Waals surface area contributed by atoms with Crippen molar-refractivity contribution in [3.8, 4) is 5.75 Å². The van der Waals surface area contributed by atoms with Gasteiger partial charge in [0.25, 0.3) is 0 Å². The van der Waals surface area contributed by atoms with Crippen LogP contribution in [-0.2, 0) is 11.8 Å². The second-order valence-corrected chi connectivity index (χ2v) is 6.01. The number of nitrogens with zero attached hydrogens (tertiary/aromatic N) is 2. The maximum atomic E-state index is 12.1. The Kier molecular flexibility index (Phi) is 6.26. The Morgan fingerprint density at radius 3 is 2.37 bits per heavy atom. The number of benzene rings is 1. The van der Waals surface area contributed by atoms with Gasteiger partial charge in [-0.1, -0.05) is 0 Å². The number of hydrogen-bond donors (Lipinski definition) is 3. The van der Waals surface area contributed by atoms with Crippen molar-refractivity contribution in [2.75, 3.05) is 17.2 Å². The number of thiocarbonyl (C=S) groups is 1. The minimum atomic E-state index is -4.75. The van der Waals surface area contributed by atoms with Crippen LogP contribution in [0, 0.1) is 13.8 Å². The zero-order valence-corrected chi connectivity index (χ0v) is 15.6. The molecule has 1 aromatic heterocycles. The number of aromatic nitrogens is 2. The van der Waals surface area contributed by atoms with Crippen molar-refractivity contribution in [1.82, 2.24) is 15.1 Å². The van der Waals surface area contributed by atoms with E-state index in [-0.39, 0.29) is 23.3 Å². The van der Waals surface area contributed by atoms with Crippen molar-refractivity contribution < 1.29 is 22.7 Å². The van der Waals surface area contributed by atoms with Gasteiger partial charge in [-0.15, -0.1) is 13.2 Å². The number of carbonyl (C=O) groups is 1. The molecule has 0 aliphatic carbocycles. The first kappa shape index (κ1) is 20.5. The Hall–Kier alpha value is -2.82. The van der Waals surface area contributed by atoms with E-state index in [1.54, 1.807) is 18.7 Å². The molecule has 0 spiro atoms. The van der Waals surface area contributed by atoms with Crippen molar-refractivity contribution in [3.05, 3.63) is 35.7 Å². The standard InChI is InChI=1S/C16H18F3N5O2S/c1-9-14(10(2)24(3)23-9)22-13(25)8-20-15(27)21-11-4-6-12(7-5-11)26-16(17,18)19/h4-7H,8H2,1-3H3,(H,22,25)(H2,20,21,27). The summed E-state index contributed by atoms with van der Waals surface area (Å²) in [6, 6.07) is 5.05. The third-order valence-electron chi connectivity index (χ3n) is 3.53. The normalized spacial score (nSPS) is 11.0. The summed E-state index contributed by atoms with van der Waals surface area (Å²) in [7, 11) is 1.78. The Labute approximate surface area is 158 Å². The maximum absolute atomic E-state index is 12.1. The van der Waals surface area contributed by atoms with Crippen LogP contribution < -0.4 is 20.7 Å². The fourth-order valence-corrected chi connectivity index (χ4v) is 2.40. The zero-order valence-electron chi connectivity index (χ0n) is 14.8. The molecule has 1 aromatic carbocycles. The van der Waals surface area contributed by atoms with Gasteiger partial charge in [0.2, 0.25) is 5.91 Å². The van der Waals surface area contributed by atoms with E-state index in [2.05, 4.69) is 25.8 Å². The molecule has 0 saturated carbocycles. The lowest BCUT2D eigenvalue weighted by atomic mass is 10.3. The maximum Gasteiger partial charge on any atom is 0.573 e. The van der Waals surface area contributed by atoms with Crippen LogP contribution in [0.5, 0.6) is 5.75 Å². The lowest BCUT2D eigenvalue weighted by molar-refractivity contribution is -0.274. The molecule has 2 rings (SSSR count). The Morgan fingerprint density at radius 2 is 1.85 bits per heavy atom. The fraction of sp³-hybridized carbons (Fsp3) is 0.312. The van der Waals surface area contributed by atoms with Crippen molar-refractivity contribution in [2.24, 2.45) is 7.05 Å². The topological polar surface area (TPSA) is 80.2 Å². The van der Waals surface area contributed by atoms with Gasteiger partial charge in [0, 0.05) is 12.7 Å². The molecule has 0 atom stereocenters. The monoisotopic (exact) mass is 401 g/mol. The lowest BCUT2D eigenvalue weighted by Gasteiger charge is -2.12. The van der Waals surface area contributed by atoms with Crippen molar-refractivity contribution in [1.29, 1.82) is 0 Å². The number of halogens is 3. The van der Waals surface area contributed by atoms with E-state index in [0.717, 1.165) is 17.8 Å². The molecule has 0 radical (unpaired) electrons. The van der Waals surface area contributed by atoms with Gasteiger partial charge in [0.1, 0.15) is 5.75 Å². The Balaban J connectivity index is 1.82. The molecule has 7 nitrogen and oxygen atoms in total. The van der Waals surface area contributed by atoms with Gasteiger partial charge in [-0.2, -0.15) is 5.10 Å². The highest BCUT2D eigenvalue weighted by Gasteiger charge is 2.30. The number of ether oxygens (including phenoxy) is 1. The molecule has 0 saturated heterocycles. The van der Waals surface area contributed by atoms with E-state index < -0.39 is 6.36 Å². The first-order valence-electron chi connectivity index (χ1n) is 7.76. The molecule has 3 N–H and O–H groups in total. The average Bonchev–Trinajstić information content (AvgIpc) is 2.80. The summed E-state index contributed by atoms with van der Waals surface area (Å²) in [4.78, 5) is 12.0. The van der Waals surface area contributed by atoms with E-state index in [0.29, 0.717) is 17.1 Å². The van der Waals surface area contributed by atoms with Gasteiger partial charge in [0.15, 0.2) is 5.11 Å². The van der Waals surface area contributed by atoms with Crippen LogP contribution in [0.1, 0.15) is 11.4 Å². The first-order valence-corrected chi connectivity index (χ1v) is 8.16.